The Bertz CT molecular complexity index is 1510. The zero-order valence-corrected chi connectivity index (χ0v) is 25.3. The Morgan fingerprint density at radius 3 is 1.39 bits per heavy atom. The Kier molecular flexibility index (Phi) is 6.93. The van der Waals surface area contributed by atoms with Gasteiger partial charge in [-0.1, -0.05) is 0 Å². The third kappa shape index (κ3) is 4.42. The van der Waals surface area contributed by atoms with Crippen LogP contribution < -0.4 is 9.47 Å². The average Bonchev–Trinajstić information content (AvgIpc) is 3.52. The van der Waals surface area contributed by atoms with Crippen LogP contribution in [0.25, 0.3) is 11.1 Å². The lowest BCUT2D eigenvalue weighted by Crippen LogP contribution is -2.53. The van der Waals surface area contributed by atoms with Crippen molar-refractivity contribution in [3.8, 4) is 34.1 Å². The summed E-state index contributed by atoms with van der Waals surface area (Å²) in [7, 11) is 2.90. The molecule has 0 unspecified atom stereocenters. The van der Waals surface area contributed by atoms with Crippen molar-refractivity contribution < 1.29 is 57.8 Å². The van der Waals surface area contributed by atoms with Gasteiger partial charge in [-0.2, -0.15) is 0 Å². The summed E-state index contributed by atoms with van der Waals surface area (Å²) in [4.78, 5) is 51.2. The van der Waals surface area contributed by atoms with Crippen LogP contribution in [0.15, 0.2) is 12.1 Å². The molecule has 2 saturated heterocycles. The predicted octanol–water partition coefficient (Wildman–Crippen LogP) is 3.49. The van der Waals surface area contributed by atoms with Gasteiger partial charge in [-0.15, -0.1) is 0 Å². The first-order valence-corrected chi connectivity index (χ1v) is 14.3. The van der Waals surface area contributed by atoms with E-state index in [-0.39, 0.29) is 59.4 Å². The molecule has 2 aromatic rings. The van der Waals surface area contributed by atoms with Crippen LogP contribution in [-0.4, -0.2) is 83.6 Å². The molecule has 2 N–H and O–H groups in total. The normalized spacial score (nSPS) is 31.1. The second-order valence-electron chi connectivity index (χ2n) is 12.4. The predicted molar refractivity (Wildman–Crippen MR) is 151 cm³/mol. The molecule has 0 spiro atoms. The molecule has 6 rings (SSSR count). The molecule has 0 saturated carbocycles. The van der Waals surface area contributed by atoms with Crippen LogP contribution in [0.5, 0.6) is 23.0 Å². The van der Waals surface area contributed by atoms with E-state index in [1.165, 1.54) is 14.2 Å². The number of methoxy groups -OCH3 is 2. The number of cyclic esters (lactones) is 2. The fraction of sp³-hybridized carbons (Fsp3) is 0.500. The van der Waals surface area contributed by atoms with E-state index in [1.54, 1.807) is 39.8 Å². The molecule has 234 valence electrons. The first-order valence-electron chi connectivity index (χ1n) is 14.3. The van der Waals surface area contributed by atoms with Crippen molar-refractivity contribution in [3.63, 3.8) is 0 Å². The SMILES string of the molecule is CO[C@H]1CC(=O)O[C@@H]1[C@@]1(C)CC(=O)c2c(cc(C)c(-c3c(C)cc4c(c3O)C(=O)C[C@@](C)([C@H]3OC(=O)C[C@@H]3OC)O4)c2O)O1. The van der Waals surface area contributed by atoms with Gasteiger partial charge in [0.1, 0.15) is 46.3 Å². The minimum Gasteiger partial charge on any atom is -0.506 e. The number of hydrogen-bond donors (Lipinski definition) is 2. The molecule has 0 amide bonds. The number of rotatable bonds is 5. The molecule has 0 aliphatic carbocycles. The van der Waals surface area contributed by atoms with E-state index in [0.717, 1.165) is 0 Å². The smallest absolute Gasteiger partial charge is 0.309 e. The van der Waals surface area contributed by atoms with E-state index in [2.05, 4.69) is 0 Å². The van der Waals surface area contributed by atoms with Crippen LogP contribution in [0, 0.1) is 13.8 Å². The summed E-state index contributed by atoms with van der Waals surface area (Å²) in [5.41, 5.74) is -1.41. The van der Waals surface area contributed by atoms with Crippen molar-refractivity contribution in [3.05, 3.63) is 34.4 Å². The summed E-state index contributed by atoms with van der Waals surface area (Å²) in [5.74, 6) is -2.44. The molecule has 44 heavy (non-hydrogen) atoms. The van der Waals surface area contributed by atoms with E-state index in [4.69, 9.17) is 28.4 Å². The lowest BCUT2D eigenvalue weighted by Gasteiger charge is -2.40. The van der Waals surface area contributed by atoms with Gasteiger partial charge in [0, 0.05) is 25.3 Å². The zero-order valence-electron chi connectivity index (χ0n) is 25.3. The van der Waals surface area contributed by atoms with Crippen molar-refractivity contribution in [2.45, 2.75) is 89.0 Å². The number of aromatic hydroxyl groups is 2. The van der Waals surface area contributed by atoms with Gasteiger partial charge in [0.05, 0.1) is 25.7 Å². The third-order valence-corrected chi connectivity index (χ3v) is 9.18. The molecule has 6 atom stereocenters. The Morgan fingerprint density at radius 1 is 0.682 bits per heavy atom. The lowest BCUT2D eigenvalue weighted by atomic mass is 9.81. The van der Waals surface area contributed by atoms with Crippen LogP contribution >= 0.6 is 0 Å². The zero-order chi connectivity index (χ0) is 31.9. The number of benzene rings is 2. The Labute approximate surface area is 253 Å². The molecule has 0 bridgehead atoms. The molecule has 2 fully saturated rings. The van der Waals surface area contributed by atoms with Crippen molar-refractivity contribution in [1.29, 1.82) is 0 Å². The van der Waals surface area contributed by atoms with Gasteiger partial charge in [0.15, 0.2) is 35.0 Å². The number of fused-ring (bicyclic) bond motifs is 2. The van der Waals surface area contributed by atoms with Gasteiger partial charge in [0.25, 0.3) is 0 Å². The topological polar surface area (TPSA) is 164 Å². The maximum atomic E-state index is 13.6. The molecular formula is C32H34O12. The highest BCUT2D eigenvalue weighted by molar-refractivity contribution is 6.08. The number of phenolic OH excluding ortho intramolecular Hbond substituents is 2. The quantitative estimate of drug-likeness (QED) is 0.475. The fourth-order valence-electron chi connectivity index (χ4n) is 7.10. The molecule has 2 aromatic carbocycles. The molecule has 0 radical (unpaired) electrons. The fourth-order valence-corrected chi connectivity index (χ4v) is 7.10. The second-order valence-corrected chi connectivity index (χ2v) is 12.4. The number of Topliss-reactive ketones (excluding diaryl/α,β-unsaturated/α-hetero) is 2. The number of aryl methyl sites for hydroxylation is 2. The standard InChI is InChI=1S/C32H34O12/c1-13-7-17-25(15(33)11-31(3,43-17)29-19(39-5)9-21(35)41-29)27(37)23(13)24-14(2)8-18-26(28(24)38)16(34)12-32(4,44-18)30-20(40-6)10-22(36)42-30/h7-8,19-20,29-30,37-38H,9-12H2,1-6H3/t19-,20-,29-,30-,31-,32+/m0/s1. The molecule has 12 nitrogen and oxygen atoms in total. The van der Waals surface area contributed by atoms with Crippen molar-refractivity contribution in [1.82, 2.24) is 0 Å². The minimum atomic E-state index is -1.24. The molecule has 4 heterocycles. The Balaban J connectivity index is 1.40. The van der Waals surface area contributed by atoms with Crippen LogP contribution in [0.1, 0.15) is 71.4 Å². The highest BCUT2D eigenvalue weighted by Gasteiger charge is 2.55. The van der Waals surface area contributed by atoms with Gasteiger partial charge in [0.2, 0.25) is 0 Å². The van der Waals surface area contributed by atoms with E-state index < -0.39 is 70.6 Å². The summed E-state index contributed by atoms with van der Waals surface area (Å²) in [6, 6.07) is 3.15. The number of carbonyl (C=O) groups is 4. The van der Waals surface area contributed by atoms with Crippen LogP contribution in [0.4, 0.5) is 0 Å². The van der Waals surface area contributed by atoms with Gasteiger partial charge >= 0.3 is 11.9 Å². The maximum Gasteiger partial charge on any atom is 0.309 e. The lowest BCUT2D eigenvalue weighted by molar-refractivity contribution is -0.154. The number of ketones is 2. The summed E-state index contributed by atoms with van der Waals surface area (Å²) >= 11 is 0. The number of hydrogen-bond acceptors (Lipinski definition) is 12. The number of phenols is 2. The highest BCUT2D eigenvalue weighted by Crippen LogP contribution is 2.53. The second kappa shape index (κ2) is 10.2. The largest absolute Gasteiger partial charge is 0.506 e. The third-order valence-electron chi connectivity index (χ3n) is 9.18. The van der Waals surface area contributed by atoms with Crippen LogP contribution in [0.2, 0.25) is 0 Å². The Morgan fingerprint density at radius 2 is 1.05 bits per heavy atom. The van der Waals surface area contributed by atoms with E-state index in [1.807, 2.05) is 0 Å². The number of ether oxygens (including phenoxy) is 6. The molecule has 4 aliphatic rings. The minimum absolute atomic E-state index is 0.0294. The maximum absolute atomic E-state index is 13.6. The monoisotopic (exact) mass is 610 g/mol. The van der Waals surface area contributed by atoms with Gasteiger partial charge in [-0.3, -0.25) is 19.2 Å². The van der Waals surface area contributed by atoms with Crippen LogP contribution in [0.3, 0.4) is 0 Å². The van der Waals surface area contributed by atoms with Crippen molar-refractivity contribution in [2.24, 2.45) is 0 Å². The Hall–Kier alpha value is -4.16. The van der Waals surface area contributed by atoms with E-state index >= 15 is 0 Å². The summed E-state index contributed by atoms with van der Waals surface area (Å²) in [6.07, 6.45) is -3.24. The molecule has 0 aromatic heterocycles. The first-order chi connectivity index (χ1) is 20.7. The van der Waals surface area contributed by atoms with Crippen LogP contribution in [-0.2, 0) is 28.5 Å². The first kappa shape index (κ1) is 29.9. The molecule has 12 heteroatoms. The summed E-state index contributed by atoms with van der Waals surface area (Å²) in [6.45, 7) is 6.67. The van der Waals surface area contributed by atoms with Gasteiger partial charge in [-0.25, -0.2) is 0 Å². The van der Waals surface area contributed by atoms with E-state index in [9.17, 15) is 29.4 Å². The highest BCUT2D eigenvalue weighted by atomic mass is 16.6. The van der Waals surface area contributed by atoms with Gasteiger partial charge < -0.3 is 38.6 Å². The summed E-state index contributed by atoms with van der Waals surface area (Å²) in [5, 5.41) is 23.1. The summed E-state index contributed by atoms with van der Waals surface area (Å²) < 4.78 is 34.3. The van der Waals surface area contributed by atoms with Crippen molar-refractivity contribution >= 4 is 23.5 Å². The number of esters is 2. The van der Waals surface area contributed by atoms with E-state index in [0.29, 0.717) is 11.1 Å². The number of carbonyl (C=O) groups excluding carboxylic acids is 4. The average molecular weight is 611 g/mol. The molecule has 4 aliphatic heterocycles. The van der Waals surface area contributed by atoms with Gasteiger partial charge in [-0.05, 0) is 51.0 Å². The van der Waals surface area contributed by atoms with Crippen molar-refractivity contribution in [2.75, 3.05) is 14.2 Å². The molecular weight excluding hydrogens is 576 g/mol.